The zero-order valence-electron chi connectivity index (χ0n) is 12.7. The highest BCUT2D eigenvalue weighted by atomic mass is 16.2. The summed E-state index contributed by atoms with van der Waals surface area (Å²) >= 11 is 0. The van der Waals surface area contributed by atoms with Crippen molar-refractivity contribution in [2.24, 2.45) is 0 Å². The molecule has 3 nitrogen and oxygen atoms in total. The average Bonchev–Trinajstić information content (AvgIpc) is 2.55. The molecular weight excluding hydrogens is 272 g/mol. The van der Waals surface area contributed by atoms with Crippen LogP contribution in [0.4, 0.5) is 0 Å². The molecule has 0 heterocycles. The topological polar surface area (TPSA) is 32.3 Å². The number of amides is 1. The van der Waals surface area contributed by atoms with Gasteiger partial charge in [0.15, 0.2) is 0 Å². The summed E-state index contributed by atoms with van der Waals surface area (Å²) in [5.74, 6) is 0.0202. The Morgan fingerprint density at radius 1 is 0.955 bits per heavy atom. The van der Waals surface area contributed by atoms with Gasteiger partial charge in [-0.05, 0) is 11.1 Å². The van der Waals surface area contributed by atoms with Crippen molar-refractivity contribution < 1.29 is 4.79 Å². The summed E-state index contributed by atoms with van der Waals surface area (Å²) in [5, 5.41) is 2.84. The van der Waals surface area contributed by atoms with Crippen molar-refractivity contribution in [3.8, 4) is 0 Å². The molecular formula is C19H22N2O. The van der Waals surface area contributed by atoms with Crippen molar-refractivity contribution in [1.29, 1.82) is 0 Å². The SMILES string of the molecule is C=CCNC(=O)CN(Cc1ccccc1)Cc1ccccc1. The normalized spacial score (nSPS) is 10.4. The standard InChI is InChI=1S/C19H22N2O/c1-2-13-20-19(22)16-21(14-17-9-5-3-6-10-17)15-18-11-7-4-8-12-18/h2-12H,1,13-16H2,(H,20,22). The first-order chi connectivity index (χ1) is 10.8. The lowest BCUT2D eigenvalue weighted by Gasteiger charge is -2.22. The summed E-state index contributed by atoms with van der Waals surface area (Å²) in [5.41, 5.74) is 2.41. The number of rotatable bonds is 8. The zero-order chi connectivity index (χ0) is 15.6. The van der Waals surface area contributed by atoms with E-state index >= 15 is 0 Å². The molecule has 0 atom stereocenters. The summed E-state index contributed by atoms with van der Waals surface area (Å²) in [6.07, 6.45) is 1.69. The molecule has 0 saturated carbocycles. The van der Waals surface area contributed by atoms with Crippen LogP contribution in [-0.2, 0) is 17.9 Å². The lowest BCUT2D eigenvalue weighted by Crippen LogP contribution is -2.36. The molecule has 0 aliphatic heterocycles. The van der Waals surface area contributed by atoms with Gasteiger partial charge < -0.3 is 5.32 Å². The van der Waals surface area contributed by atoms with Gasteiger partial charge in [-0.3, -0.25) is 9.69 Å². The average molecular weight is 294 g/mol. The Hall–Kier alpha value is -2.39. The molecule has 2 rings (SSSR count). The molecule has 1 amide bonds. The molecule has 114 valence electrons. The van der Waals surface area contributed by atoms with E-state index in [4.69, 9.17) is 0 Å². The number of nitrogens with zero attached hydrogens (tertiary/aromatic N) is 1. The van der Waals surface area contributed by atoms with Gasteiger partial charge in [-0.2, -0.15) is 0 Å². The van der Waals surface area contributed by atoms with Crippen LogP contribution in [0.2, 0.25) is 0 Å². The van der Waals surface area contributed by atoms with Crippen LogP contribution in [-0.4, -0.2) is 23.9 Å². The van der Waals surface area contributed by atoms with Crippen LogP contribution in [0.3, 0.4) is 0 Å². The van der Waals surface area contributed by atoms with E-state index in [1.807, 2.05) is 36.4 Å². The summed E-state index contributed by atoms with van der Waals surface area (Å²) in [4.78, 5) is 14.1. The maximum absolute atomic E-state index is 12.0. The molecule has 0 fully saturated rings. The molecule has 2 aromatic rings. The van der Waals surface area contributed by atoms with E-state index in [1.165, 1.54) is 11.1 Å². The fourth-order valence-corrected chi connectivity index (χ4v) is 2.30. The highest BCUT2D eigenvalue weighted by Gasteiger charge is 2.11. The summed E-state index contributed by atoms with van der Waals surface area (Å²) in [6, 6.07) is 20.4. The number of hydrogen-bond acceptors (Lipinski definition) is 2. The largest absolute Gasteiger partial charge is 0.352 e. The van der Waals surface area contributed by atoms with Gasteiger partial charge in [0.05, 0.1) is 6.54 Å². The maximum Gasteiger partial charge on any atom is 0.234 e. The second-order valence-electron chi connectivity index (χ2n) is 5.21. The van der Waals surface area contributed by atoms with Crippen molar-refractivity contribution in [1.82, 2.24) is 10.2 Å². The summed E-state index contributed by atoms with van der Waals surface area (Å²) < 4.78 is 0. The predicted octanol–water partition coefficient (Wildman–Crippen LogP) is 2.99. The Kier molecular flexibility index (Phi) is 6.39. The van der Waals surface area contributed by atoms with Gasteiger partial charge in [0.25, 0.3) is 0 Å². The third kappa shape index (κ3) is 5.54. The Balaban J connectivity index is 2.02. The molecule has 0 saturated heterocycles. The first kappa shape index (κ1) is 16.0. The molecule has 0 radical (unpaired) electrons. The minimum atomic E-state index is 0.0202. The van der Waals surface area contributed by atoms with E-state index in [1.54, 1.807) is 6.08 Å². The predicted molar refractivity (Wildman–Crippen MR) is 90.2 cm³/mol. The van der Waals surface area contributed by atoms with Gasteiger partial charge in [0, 0.05) is 19.6 Å². The molecule has 0 aromatic heterocycles. The lowest BCUT2D eigenvalue weighted by atomic mass is 10.1. The fourth-order valence-electron chi connectivity index (χ4n) is 2.30. The Morgan fingerprint density at radius 3 is 1.91 bits per heavy atom. The highest BCUT2D eigenvalue weighted by Crippen LogP contribution is 2.09. The maximum atomic E-state index is 12.0. The van der Waals surface area contributed by atoms with E-state index < -0.39 is 0 Å². The number of carbonyl (C=O) groups excluding carboxylic acids is 1. The Labute approximate surface area is 132 Å². The lowest BCUT2D eigenvalue weighted by molar-refractivity contribution is -0.122. The first-order valence-electron chi connectivity index (χ1n) is 7.45. The van der Waals surface area contributed by atoms with Gasteiger partial charge in [0.2, 0.25) is 5.91 Å². The van der Waals surface area contributed by atoms with E-state index in [-0.39, 0.29) is 5.91 Å². The van der Waals surface area contributed by atoms with Crippen LogP contribution < -0.4 is 5.32 Å². The number of carbonyl (C=O) groups is 1. The van der Waals surface area contributed by atoms with Crippen molar-refractivity contribution in [2.45, 2.75) is 13.1 Å². The van der Waals surface area contributed by atoms with Crippen LogP contribution in [0, 0.1) is 0 Å². The Bertz CT molecular complexity index is 539. The van der Waals surface area contributed by atoms with Crippen LogP contribution in [0.15, 0.2) is 73.3 Å². The van der Waals surface area contributed by atoms with E-state index in [0.717, 1.165) is 13.1 Å². The van der Waals surface area contributed by atoms with Gasteiger partial charge in [-0.1, -0.05) is 66.7 Å². The van der Waals surface area contributed by atoms with Crippen LogP contribution in [0.25, 0.3) is 0 Å². The molecule has 0 aliphatic carbocycles. The van der Waals surface area contributed by atoms with Gasteiger partial charge in [0.1, 0.15) is 0 Å². The Morgan fingerprint density at radius 2 is 1.45 bits per heavy atom. The van der Waals surface area contributed by atoms with Crippen molar-refractivity contribution in [3.05, 3.63) is 84.4 Å². The zero-order valence-corrected chi connectivity index (χ0v) is 12.7. The van der Waals surface area contributed by atoms with Crippen LogP contribution in [0.1, 0.15) is 11.1 Å². The van der Waals surface area contributed by atoms with Gasteiger partial charge in [-0.15, -0.1) is 6.58 Å². The minimum absolute atomic E-state index is 0.0202. The van der Waals surface area contributed by atoms with Crippen LogP contribution in [0.5, 0.6) is 0 Å². The summed E-state index contributed by atoms with van der Waals surface area (Å²) in [6.45, 7) is 5.99. The summed E-state index contributed by atoms with van der Waals surface area (Å²) in [7, 11) is 0. The molecule has 0 spiro atoms. The van der Waals surface area contributed by atoms with E-state index in [2.05, 4.69) is 41.1 Å². The molecule has 0 unspecified atom stereocenters. The second-order valence-corrected chi connectivity index (χ2v) is 5.21. The molecule has 0 aliphatic rings. The number of benzene rings is 2. The van der Waals surface area contributed by atoms with Gasteiger partial charge in [-0.25, -0.2) is 0 Å². The molecule has 2 aromatic carbocycles. The van der Waals surface area contributed by atoms with E-state index in [9.17, 15) is 4.79 Å². The molecule has 1 N–H and O–H groups in total. The molecule has 22 heavy (non-hydrogen) atoms. The molecule has 0 bridgehead atoms. The minimum Gasteiger partial charge on any atom is -0.352 e. The number of hydrogen-bond donors (Lipinski definition) is 1. The first-order valence-corrected chi connectivity index (χ1v) is 7.45. The second kappa shape index (κ2) is 8.80. The van der Waals surface area contributed by atoms with Crippen molar-refractivity contribution in [2.75, 3.05) is 13.1 Å². The third-order valence-corrected chi connectivity index (χ3v) is 3.31. The van der Waals surface area contributed by atoms with Crippen molar-refractivity contribution in [3.63, 3.8) is 0 Å². The monoisotopic (exact) mass is 294 g/mol. The van der Waals surface area contributed by atoms with Gasteiger partial charge >= 0.3 is 0 Å². The quantitative estimate of drug-likeness (QED) is 0.759. The molecule has 3 heteroatoms. The smallest absolute Gasteiger partial charge is 0.234 e. The van der Waals surface area contributed by atoms with Crippen LogP contribution >= 0.6 is 0 Å². The number of nitrogens with one attached hydrogen (secondary N) is 1. The third-order valence-electron chi connectivity index (χ3n) is 3.31. The highest BCUT2D eigenvalue weighted by molar-refractivity contribution is 5.78. The van der Waals surface area contributed by atoms with Crippen molar-refractivity contribution >= 4 is 5.91 Å². The fraction of sp³-hybridized carbons (Fsp3) is 0.211. The van der Waals surface area contributed by atoms with E-state index in [0.29, 0.717) is 13.1 Å².